The number of carbonyl (C=O) groups is 1. The minimum absolute atomic E-state index is 0.0658. The van der Waals surface area contributed by atoms with Gasteiger partial charge in [0.1, 0.15) is 22.8 Å². The summed E-state index contributed by atoms with van der Waals surface area (Å²) in [5.41, 5.74) is -4.30. The largest absolute Gasteiger partial charge is 0.433 e. The van der Waals surface area contributed by atoms with Crippen molar-refractivity contribution in [3.05, 3.63) is 70.0 Å². The Kier molecular flexibility index (Phi) is 5.89. The van der Waals surface area contributed by atoms with Crippen LogP contribution in [0.4, 0.5) is 30.7 Å². The van der Waals surface area contributed by atoms with Gasteiger partial charge in [0, 0.05) is 24.4 Å². The lowest BCUT2D eigenvalue weighted by Crippen LogP contribution is -2.40. The molecule has 2 aromatic heterocycles. The van der Waals surface area contributed by atoms with Gasteiger partial charge in [0.25, 0.3) is 5.56 Å². The topological polar surface area (TPSA) is 87.7 Å². The minimum Gasteiger partial charge on any atom is -0.351 e. The molecule has 1 aromatic carbocycles. The third-order valence-corrected chi connectivity index (χ3v) is 5.56. The average Bonchev–Trinajstić information content (AvgIpc) is 3.60. The molecular formula is C22H15F7N4O2. The monoisotopic (exact) mass is 500 g/mol. The van der Waals surface area contributed by atoms with E-state index in [1.807, 2.05) is 0 Å². The molecule has 0 aliphatic heterocycles. The molecular weight excluding hydrogens is 485 g/mol. The van der Waals surface area contributed by atoms with Crippen LogP contribution in [0.1, 0.15) is 24.1 Å². The first kappa shape index (κ1) is 24.4. The van der Waals surface area contributed by atoms with Crippen molar-refractivity contribution in [2.75, 3.05) is 0 Å². The second-order valence-corrected chi connectivity index (χ2v) is 7.99. The number of hydrogen-bond acceptors (Lipinski definition) is 4. The third kappa shape index (κ3) is 4.88. The Balaban J connectivity index is 1.60. The zero-order valence-electron chi connectivity index (χ0n) is 17.5. The molecule has 0 unspecified atom stereocenters. The van der Waals surface area contributed by atoms with Gasteiger partial charge in [0.05, 0.1) is 11.3 Å². The van der Waals surface area contributed by atoms with Gasteiger partial charge in [-0.1, -0.05) is 6.07 Å². The first-order valence-electron chi connectivity index (χ1n) is 10.1. The summed E-state index contributed by atoms with van der Waals surface area (Å²) in [6.45, 7) is -0.337. The SMILES string of the molecule is O=C(NCc1ccc(F)c(-c2nc(-c3ccc(C(F)(F)F)nc3)cc(=O)[nH]2)c1)C1(C(F)(F)F)CC1. The Morgan fingerprint density at radius 1 is 1.06 bits per heavy atom. The molecule has 6 nitrogen and oxygen atoms in total. The molecule has 4 rings (SSSR count). The summed E-state index contributed by atoms with van der Waals surface area (Å²) in [6.07, 6.45) is -9.10. The maximum atomic E-state index is 14.5. The highest BCUT2D eigenvalue weighted by Gasteiger charge is 2.68. The number of nitrogens with one attached hydrogen (secondary N) is 2. The van der Waals surface area contributed by atoms with Crippen molar-refractivity contribution in [2.24, 2.45) is 5.41 Å². The summed E-state index contributed by atoms with van der Waals surface area (Å²) in [7, 11) is 0. The lowest BCUT2D eigenvalue weighted by molar-refractivity contribution is -0.192. The highest BCUT2D eigenvalue weighted by Crippen LogP contribution is 2.57. The number of carbonyl (C=O) groups excluding carboxylic acids is 1. The Morgan fingerprint density at radius 3 is 2.34 bits per heavy atom. The fourth-order valence-corrected chi connectivity index (χ4v) is 3.43. The Labute approximate surface area is 192 Å². The van der Waals surface area contributed by atoms with Crippen molar-refractivity contribution in [1.29, 1.82) is 0 Å². The number of H-pyrrole nitrogens is 1. The summed E-state index contributed by atoms with van der Waals surface area (Å²) in [4.78, 5) is 33.9. The average molecular weight is 500 g/mol. The molecule has 0 saturated heterocycles. The highest BCUT2D eigenvalue weighted by atomic mass is 19.4. The zero-order chi connectivity index (χ0) is 25.6. The molecule has 13 heteroatoms. The number of pyridine rings is 1. The summed E-state index contributed by atoms with van der Waals surface area (Å²) in [5.74, 6) is -2.29. The van der Waals surface area contributed by atoms with E-state index in [1.165, 1.54) is 12.1 Å². The normalized spacial score (nSPS) is 15.1. The van der Waals surface area contributed by atoms with E-state index in [0.29, 0.717) is 6.07 Å². The second kappa shape index (κ2) is 8.47. The molecule has 0 bridgehead atoms. The van der Waals surface area contributed by atoms with Crippen molar-refractivity contribution in [3.8, 4) is 22.6 Å². The lowest BCUT2D eigenvalue weighted by Gasteiger charge is -2.18. The van der Waals surface area contributed by atoms with Crippen LogP contribution in [-0.2, 0) is 17.5 Å². The molecule has 1 fully saturated rings. The van der Waals surface area contributed by atoms with E-state index in [0.717, 1.165) is 24.4 Å². The number of hydrogen-bond donors (Lipinski definition) is 2. The van der Waals surface area contributed by atoms with E-state index >= 15 is 0 Å². The van der Waals surface area contributed by atoms with Gasteiger partial charge in [-0.15, -0.1) is 0 Å². The number of halogens is 7. The molecule has 1 amide bonds. The molecule has 0 spiro atoms. The Bertz CT molecular complexity index is 1330. The molecule has 2 heterocycles. The van der Waals surface area contributed by atoms with E-state index in [1.54, 1.807) is 0 Å². The van der Waals surface area contributed by atoms with Gasteiger partial charge >= 0.3 is 12.4 Å². The van der Waals surface area contributed by atoms with E-state index < -0.39 is 40.7 Å². The van der Waals surface area contributed by atoms with Crippen LogP contribution < -0.4 is 10.9 Å². The van der Waals surface area contributed by atoms with Crippen LogP contribution >= 0.6 is 0 Å². The third-order valence-electron chi connectivity index (χ3n) is 5.56. The maximum Gasteiger partial charge on any atom is 0.433 e. The molecule has 35 heavy (non-hydrogen) atoms. The molecule has 1 aliphatic carbocycles. The van der Waals surface area contributed by atoms with Crippen LogP contribution in [0.25, 0.3) is 22.6 Å². The molecule has 3 aromatic rings. The lowest BCUT2D eigenvalue weighted by atomic mass is 10.1. The molecule has 1 aliphatic rings. The number of alkyl halides is 6. The van der Waals surface area contributed by atoms with Crippen LogP contribution in [0, 0.1) is 11.2 Å². The fourth-order valence-electron chi connectivity index (χ4n) is 3.43. The second-order valence-electron chi connectivity index (χ2n) is 7.99. The maximum absolute atomic E-state index is 14.5. The van der Waals surface area contributed by atoms with Crippen LogP contribution in [-0.4, -0.2) is 27.0 Å². The van der Waals surface area contributed by atoms with Crippen molar-refractivity contribution >= 4 is 5.91 Å². The van der Waals surface area contributed by atoms with Crippen LogP contribution in [0.3, 0.4) is 0 Å². The summed E-state index contributed by atoms with van der Waals surface area (Å²) in [5, 5.41) is 2.20. The van der Waals surface area contributed by atoms with Crippen molar-refractivity contribution < 1.29 is 35.5 Å². The summed E-state index contributed by atoms with van der Waals surface area (Å²) >= 11 is 0. The zero-order valence-corrected chi connectivity index (χ0v) is 17.5. The number of nitrogens with zero attached hydrogens (tertiary/aromatic N) is 2. The number of rotatable bonds is 5. The van der Waals surface area contributed by atoms with Gasteiger partial charge < -0.3 is 10.3 Å². The van der Waals surface area contributed by atoms with Crippen LogP contribution in [0.2, 0.25) is 0 Å². The number of benzene rings is 1. The molecule has 2 N–H and O–H groups in total. The van der Waals surface area contributed by atoms with Gasteiger partial charge in [-0.05, 0) is 42.7 Å². The van der Waals surface area contributed by atoms with Gasteiger partial charge in [0.15, 0.2) is 0 Å². The van der Waals surface area contributed by atoms with Gasteiger partial charge in [-0.3, -0.25) is 14.6 Å². The van der Waals surface area contributed by atoms with Crippen molar-refractivity contribution in [2.45, 2.75) is 31.7 Å². The minimum atomic E-state index is -4.68. The molecule has 0 radical (unpaired) electrons. The highest BCUT2D eigenvalue weighted by molar-refractivity contribution is 5.86. The smallest absolute Gasteiger partial charge is 0.351 e. The Hall–Kier alpha value is -3.77. The van der Waals surface area contributed by atoms with Crippen LogP contribution in [0.15, 0.2) is 47.4 Å². The standard InChI is InChI=1S/C22H15F7N4O2/c23-14-3-1-11(9-31-19(35)20(5-6-20)22(27,28)29)7-13(14)18-32-15(8-17(34)33-18)12-2-4-16(30-10-12)21(24,25)26/h1-4,7-8,10H,5-6,9H2,(H,31,35)(H,32,33,34). The predicted octanol–water partition coefficient (Wildman–Crippen LogP) is 4.62. The van der Waals surface area contributed by atoms with Gasteiger partial charge in [-0.2, -0.15) is 26.3 Å². The molecule has 0 atom stereocenters. The quantitative estimate of drug-likeness (QED) is 0.501. The first-order chi connectivity index (χ1) is 16.3. The van der Waals surface area contributed by atoms with E-state index in [9.17, 15) is 40.3 Å². The number of aromatic amines is 1. The molecule has 1 saturated carbocycles. The van der Waals surface area contributed by atoms with E-state index in [4.69, 9.17) is 0 Å². The number of amides is 1. The van der Waals surface area contributed by atoms with E-state index in [2.05, 4.69) is 20.3 Å². The summed E-state index contributed by atoms with van der Waals surface area (Å²) < 4.78 is 92.0. The predicted molar refractivity (Wildman–Crippen MR) is 108 cm³/mol. The Morgan fingerprint density at radius 2 is 1.77 bits per heavy atom. The van der Waals surface area contributed by atoms with Crippen molar-refractivity contribution in [1.82, 2.24) is 20.3 Å². The van der Waals surface area contributed by atoms with Crippen LogP contribution in [0.5, 0.6) is 0 Å². The van der Waals surface area contributed by atoms with Gasteiger partial charge in [-0.25, -0.2) is 9.37 Å². The van der Waals surface area contributed by atoms with Crippen molar-refractivity contribution in [3.63, 3.8) is 0 Å². The summed E-state index contributed by atoms with van der Waals surface area (Å²) in [6, 6.07) is 6.17. The fraction of sp³-hybridized carbons (Fsp3) is 0.273. The number of aromatic nitrogens is 3. The molecule has 184 valence electrons. The van der Waals surface area contributed by atoms with Gasteiger partial charge in [0.2, 0.25) is 5.91 Å². The van der Waals surface area contributed by atoms with E-state index in [-0.39, 0.29) is 47.6 Å². The first-order valence-corrected chi connectivity index (χ1v) is 10.1.